The minimum atomic E-state index is -0.0847. The molecule has 1 aliphatic heterocycles. The van der Waals surface area contributed by atoms with Crippen LogP contribution in [0, 0.1) is 0 Å². The number of fused-ring (bicyclic) bond motifs is 1. The first-order chi connectivity index (χ1) is 15.2. The molecule has 1 saturated heterocycles. The number of amides is 1. The standard InChI is InChI=1S/C22H27N7O2/c1-23-22(26-15-20-28-27-19-9-2-3-10-29(19)20)25-13-16-6-4-7-17(12-16)21(30)24-14-18-8-5-11-31-18/h2-4,6-7,9-10,12,18H,5,8,11,13-15H2,1H3,(H,24,30)(H2,23,25,26). The lowest BCUT2D eigenvalue weighted by Crippen LogP contribution is -2.36. The molecule has 3 N–H and O–H groups in total. The SMILES string of the molecule is CN=C(NCc1cccc(C(=O)NCC2CCCO2)c1)NCc1nnc2ccccn12. The van der Waals surface area contributed by atoms with Gasteiger partial charge in [-0.05, 0) is 42.7 Å². The van der Waals surface area contributed by atoms with Crippen molar-refractivity contribution in [3.8, 4) is 0 Å². The van der Waals surface area contributed by atoms with Crippen LogP contribution in [0.15, 0.2) is 53.7 Å². The Bertz CT molecular complexity index is 1060. The van der Waals surface area contributed by atoms with Crippen LogP contribution >= 0.6 is 0 Å². The second kappa shape index (κ2) is 10.0. The highest BCUT2D eigenvalue weighted by molar-refractivity contribution is 5.94. The number of hydrogen-bond donors (Lipinski definition) is 3. The van der Waals surface area contributed by atoms with Crippen molar-refractivity contribution in [2.75, 3.05) is 20.2 Å². The lowest BCUT2D eigenvalue weighted by atomic mass is 10.1. The zero-order valence-electron chi connectivity index (χ0n) is 17.5. The Kier molecular flexibility index (Phi) is 6.73. The summed E-state index contributed by atoms with van der Waals surface area (Å²) in [4.78, 5) is 16.7. The first kappa shape index (κ1) is 20.8. The Labute approximate surface area is 180 Å². The van der Waals surface area contributed by atoms with E-state index in [4.69, 9.17) is 4.74 Å². The molecule has 1 aliphatic rings. The number of nitrogens with zero attached hydrogens (tertiary/aromatic N) is 4. The summed E-state index contributed by atoms with van der Waals surface area (Å²) in [5, 5.41) is 17.8. The van der Waals surface area contributed by atoms with Gasteiger partial charge < -0.3 is 20.7 Å². The number of aromatic nitrogens is 3. The smallest absolute Gasteiger partial charge is 0.251 e. The van der Waals surface area contributed by atoms with E-state index in [1.807, 2.05) is 53.1 Å². The summed E-state index contributed by atoms with van der Waals surface area (Å²) in [7, 11) is 1.71. The van der Waals surface area contributed by atoms with Crippen molar-refractivity contribution in [1.82, 2.24) is 30.5 Å². The molecule has 3 heterocycles. The van der Waals surface area contributed by atoms with Gasteiger partial charge in [-0.3, -0.25) is 14.2 Å². The maximum Gasteiger partial charge on any atom is 0.251 e. The van der Waals surface area contributed by atoms with Gasteiger partial charge in [-0.15, -0.1) is 10.2 Å². The Morgan fingerprint density at radius 1 is 1.16 bits per heavy atom. The molecule has 2 aromatic heterocycles. The Balaban J connectivity index is 1.29. The third-order valence-corrected chi connectivity index (χ3v) is 5.19. The predicted molar refractivity (Wildman–Crippen MR) is 118 cm³/mol. The largest absolute Gasteiger partial charge is 0.376 e. The maximum atomic E-state index is 12.5. The third kappa shape index (κ3) is 5.37. The Morgan fingerprint density at radius 2 is 2.06 bits per heavy atom. The van der Waals surface area contributed by atoms with Crippen molar-refractivity contribution in [2.45, 2.75) is 32.0 Å². The van der Waals surface area contributed by atoms with Crippen molar-refractivity contribution in [3.63, 3.8) is 0 Å². The normalized spacial score (nSPS) is 16.4. The van der Waals surface area contributed by atoms with Crippen molar-refractivity contribution >= 4 is 17.5 Å². The molecule has 0 spiro atoms. The monoisotopic (exact) mass is 421 g/mol. The molecule has 31 heavy (non-hydrogen) atoms. The Morgan fingerprint density at radius 3 is 2.90 bits per heavy atom. The summed E-state index contributed by atoms with van der Waals surface area (Å²) in [6.07, 6.45) is 4.12. The predicted octanol–water partition coefficient (Wildman–Crippen LogP) is 1.50. The lowest BCUT2D eigenvalue weighted by molar-refractivity contribution is 0.0857. The number of aliphatic imine (C=N–C) groups is 1. The van der Waals surface area contributed by atoms with Crippen LogP contribution in [0.25, 0.3) is 5.65 Å². The van der Waals surface area contributed by atoms with Gasteiger partial charge in [-0.1, -0.05) is 18.2 Å². The van der Waals surface area contributed by atoms with Gasteiger partial charge in [0, 0.05) is 38.5 Å². The highest BCUT2D eigenvalue weighted by Gasteiger charge is 2.16. The van der Waals surface area contributed by atoms with E-state index in [1.54, 1.807) is 7.05 Å². The van der Waals surface area contributed by atoms with Crippen LogP contribution in [0.5, 0.6) is 0 Å². The molecule has 1 atom stereocenters. The van der Waals surface area contributed by atoms with Gasteiger partial charge in [0.2, 0.25) is 0 Å². The van der Waals surface area contributed by atoms with Gasteiger partial charge in [-0.2, -0.15) is 0 Å². The van der Waals surface area contributed by atoms with Crippen molar-refractivity contribution in [2.24, 2.45) is 4.99 Å². The highest BCUT2D eigenvalue weighted by atomic mass is 16.5. The lowest BCUT2D eigenvalue weighted by Gasteiger charge is -2.13. The average molecular weight is 422 g/mol. The van der Waals surface area contributed by atoms with Crippen molar-refractivity contribution in [1.29, 1.82) is 0 Å². The number of ether oxygens (including phenoxy) is 1. The zero-order valence-corrected chi connectivity index (χ0v) is 17.5. The van der Waals surface area contributed by atoms with Gasteiger partial charge in [0.15, 0.2) is 17.4 Å². The summed E-state index contributed by atoms with van der Waals surface area (Å²) in [6, 6.07) is 13.3. The van der Waals surface area contributed by atoms with E-state index >= 15 is 0 Å². The number of benzene rings is 1. The van der Waals surface area contributed by atoms with E-state index in [9.17, 15) is 4.79 Å². The fourth-order valence-electron chi connectivity index (χ4n) is 3.52. The van der Waals surface area contributed by atoms with Crippen molar-refractivity contribution < 1.29 is 9.53 Å². The van der Waals surface area contributed by atoms with Crippen LogP contribution in [-0.4, -0.2) is 52.8 Å². The van der Waals surface area contributed by atoms with E-state index in [-0.39, 0.29) is 12.0 Å². The van der Waals surface area contributed by atoms with Gasteiger partial charge in [-0.25, -0.2) is 0 Å². The molecule has 1 fully saturated rings. The fourth-order valence-corrected chi connectivity index (χ4v) is 3.52. The van der Waals surface area contributed by atoms with Crippen LogP contribution in [0.4, 0.5) is 0 Å². The van der Waals surface area contributed by atoms with Crippen LogP contribution in [0.3, 0.4) is 0 Å². The molecule has 1 aromatic carbocycles. The molecule has 162 valence electrons. The third-order valence-electron chi connectivity index (χ3n) is 5.19. The second-order valence-electron chi connectivity index (χ2n) is 7.37. The molecule has 9 nitrogen and oxygen atoms in total. The quantitative estimate of drug-likeness (QED) is 0.395. The molecule has 0 radical (unpaired) electrons. The molecule has 0 aliphatic carbocycles. The van der Waals surface area contributed by atoms with Gasteiger partial charge >= 0.3 is 0 Å². The molecule has 9 heteroatoms. The molecular weight excluding hydrogens is 394 g/mol. The maximum absolute atomic E-state index is 12.5. The molecular formula is C22H27N7O2. The summed E-state index contributed by atoms with van der Waals surface area (Å²) < 4.78 is 7.49. The second-order valence-corrected chi connectivity index (χ2v) is 7.37. The van der Waals surface area contributed by atoms with Gasteiger partial charge in [0.1, 0.15) is 0 Å². The molecule has 0 bridgehead atoms. The number of carbonyl (C=O) groups excluding carboxylic acids is 1. The summed E-state index contributed by atoms with van der Waals surface area (Å²) in [5.74, 6) is 1.35. The Hall–Kier alpha value is -3.46. The number of pyridine rings is 1. The molecule has 1 unspecified atom stereocenters. The van der Waals surface area contributed by atoms with Crippen LogP contribution in [-0.2, 0) is 17.8 Å². The van der Waals surface area contributed by atoms with Gasteiger partial charge in [0.25, 0.3) is 5.91 Å². The van der Waals surface area contributed by atoms with Crippen LogP contribution < -0.4 is 16.0 Å². The minimum absolute atomic E-state index is 0.0847. The highest BCUT2D eigenvalue weighted by Crippen LogP contribution is 2.11. The number of hydrogen-bond acceptors (Lipinski definition) is 5. The first-order valence-corrected chi connectivity index (χ1v) is 10.4. The molecule has 0 saturated carbocycles. The first-order valence-electron chi connectivity index (χ1n) is 10.4. The number of rotatable bonds is 7. The average Bonchev–Trinajstić information content (AvgIpc) is 3.48. The van der Waals surface area contributed by atoms with E-state index in [0.29, 0.717) is 31.2 Å². The number of carbonyl (C=O) groups is 1. The number of guanidine groups is 1. The topological polar surface area (TPSA) is 105 Å². The van der Waals surface area contributed by atoms with E-state index in [1.165, 1.54) is 0 Å². The number of nitrogens with one attached hydrogen (secondary N) is 3. The molecule has 1 amide bonds. The molecule has 3 aromatic rings. The van der Waals surface area contributed by atoms with Gasteiger partial charge in [0.05, 0.1) is 12.6 Å². The zero-order chi connectivity index (χ0) is 21.5. The molecule has 4 rings (SSSR count). The van der Waals surface area contributed by atoms with E-state index < -0.39 is 0 Å². The fraction of sp³-hybridized carbons (Fsp3) is 0.364. The van der Waals surface area contributed by atoms with Crippen LogP contribution in [0.2, 0.25) is 0 Å². The van der Waals surface area contributed by atoms with Crippen LogP contribution in [0.1, 0.15) is 34.6 Å². The van der Waals surface area contributed by atoms with E-state index in [0.717, 1.165) is 36.5 Å². The summed E-state index contributed by atoms with van der Waals surface area (Å²) in [5.41, 5.74) is 2.42. The van der Waals surface area contributed by atoms with Crippen molar-refractivity contribution in [3.05, 3.63) is 65.6 Å². The summed E-state index contributed by atoms with van der Waals surface area (Å²) >= 11 is 0. The van der Waals surface area contributed by atoms with E-state index in [2.05, 4.69) is 31.1 Å². The summed E-state index contributed by atoms with van der Waals surface area (Å²) in [6.45, 7) is 2.35. The minimum Gasteiger partial charge on any atom is -0.376 e.